The Labute approximate surface area is 140 Å². The Hall–Kier alpha value is -1.25. The van der Waals surface area contributed by atoms with Crippen LogP contribution in [-0.2, 0) is 9.53 Å². The van der Waals surface area contributed by atoms with Crippen molar-refractivity contribution in [2.45, 2.75) is 60.3 Å². The van der Waals surface area contributed by atoms with Gasteiger partial charge in [0, 0.05) is 5.92 Å². The molecule has 3 heteroatoms. The number of methoxy groups -OCH3 is 1. The van der Waals surface area contributed by atoms with Gasteiger partial charge in [-0.25, -0.2) is 4.79 Å². The van der Waals surface area contributed by atoms with Crippen LogP contribution in [0.15, 0.2) is 23.0 Å². The Morgan fingerprint density at radius 3 is 2.57 bits per heavy atom. The number of hydrogen-bond acceptors (Lipinski definition) is 3. The summed E-state index contributed by atoms with van der Waals surface area (Å²) in [6.07, 6.45) is 6.02. The molecule has 23 heavy (non-hydrogen) atoms. The van der Waals surface area contributed by atoms with Gasteiger partial charge in [0.15, 0.2) is 0 Å². The molecule has 2 aliphatic rings. The summed E-state index contributed by atoms with van der Waals surface area (Å²) in [5.41, 5.74) is 2.00. The maximum Gasteiger partial charge on any atom is 0.337 e. The van der Waals surface area contributed by atoms with E-state index < -0.39 is 0 Å². The molecular weight excluding hydrogens is 288 g/mol. The molecule has 0 aliphatic heterocycles. The highest BCUT2D eigenvalue weighted by molar-refractivity contribution is 5.89. The molecule has 2 unspecified atom stereocenters. The summed E-state index contributed by atoms with van der Waals surface area (Å²) >= 11 is 0. The highest BCUT2D eigenvalue weighted by Gasteiger charge is 2.51. The van der Waals surface area contributed by atoms with Crippen LogP contribution in [-0.4, -0.2) is 18.2 Å². The lowest BCUT2D eigenvalue weighted by Crippen LogP contribution is -2.35. The molecule has 0 saturated heterocycles. The molecule has 2 aliphatic carbocycles. The fourth-order valence-electron chi connectivity index (χ4n) is 4.57. The van der Waals surface area contributed by atoms with E-state index in [1.807, 2.05) is 0 Å². The van der Waals surface area contributed by atoms with Crippen molar-refractivity contribution in [1.82, 2.24) is 0 Å². The molecule has 0 aromatic carbocycles. The second-order valence-corrected chi connectivity index (χ2v) is 8.06. The van der Waals surface area contributed by atoms with Gasteiger partial charge >= 0.3 is 5.97 Å². The Kier molecular flexibility index (Phi) is 5.27. The Morgan fingerprint density at radius 1 is 1.35 bits per heavy atom. The summed E-state index contributed by atoms with van der Waals surface area (Å²) in [5.74, 6) is 1.71. The number of esters is 1. The highest BCUT2D eigenvalue weighted by atomic mass is 16.5. The minimum Gasteiger partial charge on any atom is -0.511 e. The van der Waals surface area contributed by atoms with Crippen LogP contribution >= 0.6 is 0 Å². The summed E-state index contributed by atoms with van der Waals surface area (Å²) in [5, 5.41) is 10.6. The van der Waals surface area contributed by atoms with Crippen molar-refractivity contribution < 1.29 is 14.6 Å². The van der Waals surface area contributed by atoms with Crippen molar-refractivity contribution in [3.05, 3.63) is 23.0 Å². The Bertz CT molecular complexity index is 529. The van der Waals surface area contributed by atoms with E-state index in [-0.39, 0.29) is 23.1 Å². The average Bonchev–Trinajstić information content (AvgIpc) is 2.84. The normalized spacial score (nSPS) is 32.9. The van der Waals surface area contributed by atoms with E-state index in [1.165, 1.54) is 12.7 Å². The summed E-state index contributed by atoms with van der Waals surface area (Å²) < 4.78 is 4.83. The summed E-state index contributed by atoms with van der Waals surface area (Å²) in [6.45, 7) is 11.3. The number of carbonyl (C=O) groups excluding carboxylic acids is 1. The number of carbonyl (C=O) groups is 1. The molecule has 0 radical (unpaired) electrons. The number of aliphatic hydroxyl groups excluding tert-OH is 1. The molecule has 0 spiro atoms. The van der Waals surface area contributed by atoms with Gasteiger partial charge in [-0.2, -0.15) is 0 Å². The Balaban J connectivity index is 2.28. The van der Waals surface area contributed by atoms with Gasteiger partial charge < -0.3 is 9.84 Å². The van der Waals surface area contributed by atoms with Crippen molar-refractivity contribution in [2.24, 2.45) is 29.1 Å². The van der Waals surface area contributed by atoms with Crippen molar-refractivity contribution in [3.63, 3.8) is 0 Å². The van der Waals surface area contributed by atoms with Crippen LogP contribution in [0.2, 0.25) is 0 Å². The van der Waals surface area contributed by atoms with Crippen LogP contribution in [0.1, 0.15) is 60.3 Å². The van der Waals surface area contributed by atoms with Crippen LogP contribution in [0.3, 0.4) is 0 Å². The first kappa shape index (κ1) is 18.1. The molecule has 0 bridgehead atoms. The molecule has 0 heterocycles. The van der Waals surface area contributed by atoms with Crippen molar-refractivity contribution in [3.8, 4) is 0 Å². The monoisotopic (exact) mass is 320 g/mol. The van der Waals surface area contributed by atoms with E-state index in [9.17, 15) is 9.90 Å². The maximum absolute atomic E-state index is 11.9. The molecule has 1 fully saturated rings. The smallest absolute Gasteiger partial charge is 0.337 e. The van der Waals surface area contributed by atoms with Gasteiger partial charge in [0.1, 0.15) is 5.76 Å². The standard InChI is InChI=1S/C20H32O3/c1-12(2)13(3)11-14(4)16-7-8-17-18(21)15(19(22)23-6)9-10-20(16,17)5/h11-13,16-17,21H,7-10H2,1-6H3/b14-11-/t13?,16?,17-,20-/m1/s1. The molecule has 1 saturated carbocycles. The van der Waals surface area contributed by atoms with Gasteiger partial charge in [-0.3, -0.25) is 0 Å². The van der Waals surface area contributed by atoms with Crippen molar-refractivity contribution in [2.75, 3.05) is 7.11 Å². The minimum atomic E-state index is -0.367. The van der Waals surface area contributed by atoms with Crippen LogP contribution < -0.4 is 0 Å². The quantitative estimate of drug-likeness (QED) is 0.583. The Morgan fingerprint density at radius 2 is 2.00 bits per heavy atom. The molecule has 0 aromatic rings. The third-order valence-electron chi connectivity index (χ3n) is 6.45. The number of hydrogen-bond donors (Lipinski definition) is 1. The second kappa shape index (κ2) is 6.70. The van der Waals surface area contributed by atoms with E-state index in [0.717, 1.165) is 19.3 Å². The zero-order valence-electron chi connectivity index (χ0n) is 15.5. The lowest BCUT2D eigenvalue weighted by atomic mass is 9.64. The predicted molar refractivity (Wildman–Crippen MR) is 93.0 cm³/mol. The summed E-state index contributed by atoms with van der Waals surface area (Å²) in [4.78, 5) is 11.9. The number of rotatable bonds is 4. The molecule has 3 nitrogen and oxygen atoms in total. The third kappa shape index (κ3) is 3.20. The van der Waals surface area contributed by atoms with E-state index >= 15 is 0 Å². The number of fused-ring (bicyclic) bond motifs is 1. The molecule has 130 valence electrons. The first-order chi connectivity index (χ1) is 10.7. The second-order valence-electron chi connectivity index (χ2n) is 8.06. The highest BCUT2D eigenvalue weighted by Crippen LogP contribution is 2.58. The molecule has 2 rings (SSSR count). The van der Waals surface area contributed by atoms with Gasteiger partial charge in [0.05, 0.1) is 12.7 Å². The molecule has 0 amide bonds. The van der Waals surface area contributed by atoms with E-state index in [4.69, 9.17) is 4.74 Å². The zero-order chi connectivity index (χ0) is 17.4. The van der Waals surface area contributed by atoms with Gasteiger partial charge in [-0.05, 0) is 55.8 Å². The largest absolute Gasteiger partial charge is 0.511 e. The van der Waals surface area contributed by atoms with Crippen LogP contribution in [0.25, 0.3) is 0 Å². The fourth-order valence-corrected chi connectivity index (χ4v) is 4.57. The van der Waals surface area contributed by atoms with E-state index in [0.29, 0.717) is 29.7 Å². The zero-order valence-corrected chi connectivity index (χ0v) is 15.5. The predicted octanol–water partition coefficient (Wildman–Crippen LogP) is 5.04. The molecule has 0 aromatic heterocycles. The van der Waals surface area contributed by atoms with E-state index in [2.05, 4.69) is 40.7 Å². The van der Waals surface area contributed by atoms with E-state index in [1.54, 1.807) is 0 Å². The lowest BCUT2D eigenvalue weighted by Gasteiger charge is -2.41. The first-order valence-electron chi connectivity index (χ1n) is 8.91. The van der Waals surface area contributed by atoms with Crippen molar-refractivity contribution >= 4 is 5.97 Å². The maximum atomic E-state index is 11.9. The lowest BCUT2D eigenvalue weighted by molar-refractivity contribution is -0.137. The molecule has 1 N–H and O–H groups in total. The average molecular weight is 320 g/mol. The van der Waals surface area contributed by atoms with Crippen LogP contribution in [0.5, 0.6) is 0 Å². The summed E-state index contributed by atoms with van der Waals surface area (Å²) in [7, 11) is 1.38. The van der Waals surface area contributed by atoms with Crippen LogP contribution in [0.4, 0.5) is 0 Å². The fraction of sp³-hybridized carbons (Fsp3) is 0.750. The number of allylic oxidation sites excluding steroid dienone is 3. The van der Waals surface area contributed by atoms with Gasteiger partial charge in [0.25, 0.3) is 0 Å². The minimum absolute atomic E-state index is 0.0545. The van der Waals surface area contributed by atoms with Gasteiger partial charge in [-0.15, -0.1) is 0 Å². The molecular formula is C20H32O3. The van der Waals surface area contributed by atoms with Crippen molar-refractivity contribution in [1.29, 1.82) is 0 Å². The topological polar surface area (TPSA) is 46.5 Å². The SMILES string of the molecule is COC(=O)C1=C(O)[C@H]2CCC(/C(C)=C\C(C)C(C)C)[C@@]2(C)CC1. The van der Waals surface area contributed by atoms with Crippen LogP contribution in [0, 0.1) is 29.1 Å². The third-order valence-corrected chi connectivity index (χ3v) is 6.45. The molecule has 4 atom stereocenters. The van der Waals surface area contributed by atoms with Gasteiger partial charge in [0.2, 0.25) is 0 Å². The number of aliphatic hydroxyl groups is 1. The number of ether oxygens (including phenoxy) is 1. The van der Waals surface area contributed by atoms with Gasteiger partial charge in [-0.1, -0.05) is 39.3 Å². The summed E-state index contributed by atoms with van der Waals surface area (Å²) in [6, 6.07) is 0. The first-order valence-corrected chi connectivity index (χ1v) is 8.91.